The first kappa shape index (κ1) is 10.7. The molecular weight excluding hydrogens is 210 g/mol. The van der Waals surface area contributed by atoms with Crippen molar-refractivity contribution >= 4 is 21.5 Å². The maximum absolute atomic E-state index is 10.2. The Hall–Kier alpha value is -0.810. The molecule has 1 aliphatic rings. The fraction of sp³-hybridized carbons (Fsp3) is 0.700. The van der Waals surface area contributed by atoms with Gasteiger partial charge in [-0.05, 0) is 12.8 Å². The lowest BCUT2D eigenvalue weighted by Crippen LogP contribution is -2.38. The van der Waals surface area contributed by atoms with Crippen LogP contribution in [0.4, 0.5) is 10.1 Å². The molecule has 1 saturated carbocycles. The zero-order chi connectivity index (χ0) is 10.7. The van der Waals surface area contributed by atoms with E-state index in [1.165, 1.54) is 17.8 Å². The van der Waals surface area contributed by atoms with Crippen molar-refractivity contribution in [3.05, 3.63) is 6.20 Å². The van der Waals surface area contributed by atoms with Crippen LogP contribution in [0, 0.1) is 0 Å². The van der Waals surface area contributed by atoms with Gasteiger partial charge in [0, 0.05) is 6.54 Å². The van der Waals surface area contributed by atoms with Gasteiger partial charge in [-0.15, -0.1) is 0 Å². The van der Waals surface area contributed by atoms with E-state index in [1.54, 1.807) is 6.20 Å². The molecule has 0 saturated heterocycles. The third kappa shape index (κ3) is 2.82. The fourth-order valence-corrected chi connectivity index (χ4v) is 2.57. The van der Waals surface area contributed by atoms with Crippen molar-refractivity contribution in [1.29, 1.82) is 0 Å². The van der Waals surface area contributed by atoms with Gasteiger partial charge in [-0.3, -0.25) is 0 Å². The quantitative estimate of drug-likeness (QED) is 0.736. The Morgan fingerprint density at radius 1 is 1.47 bits per heavy atom. The molecule has 0 amide bonds. The van der Waals surface area contributed by atoms with Crippen molar-refractivity contribution < 1.29 is 5.11 Å². The van der Waals surface area contributed by atoms with Gasteiger partial charge in [-0.2, -0.15) is 0 Å². The minimum Gasteiger partial charge on any atom is -0.389 e. The van der Waals surface area contributed by atoms with Crippen LogP contribution in [0.2, 0.25) is 0 Å². The molecule has 0 unspecified atom stereocenters. The summed E-state index contributed by atoms with van der Waals surface area (Å²) in [4.78, 5) is 4.10. The van der Waals surface area contributed by atoms with Crippen molar-refractivity contribution in [3.63, 3.8) is 0 Å². The van der Waals surface area contributed by atoms with Crippen molar-refractivity contribution in [1.82, 2.24) is 4.98 Å². The molecule has 0 spiro atoms. The van der Waals surface area contributed by atoms with Gasteiger partial charge in [0.15, 0.2) is 5.13 Å². The Morgan fingerprint density at radius 2 is 2.20 bits per heavy atom. The number of nitrogen functional groups attached to an aromatic ring is 1. The maximum Gasteiger partial charge on any atom is 0.184 e. The van der Waals surface area contributed by atoms with Crippen LogP contribution in [0.15, 0.2) is 6.20 Å². The molecule has 0 atom stereocenters. The first-order chi connectivity index (χ1) is 7.18. The molecule has 0 radical (unpaired) electrons. The van der Waals surface area contributed by atoms with Gasteiger partial charge in [-0.1, -0.05) is 30.6 Å². The lowest BCUT2D eigenvalue weighted by Gasteiger charge is -2.31. The summed E-state index contributed by atoms with van der Waals surface area (Å²) in [5.74, 6) is 0. The molecule has 1 heterocycles. The average molecular weight is 227 g/mol. The molecule has 1 fully saturated rings. The number of anilines is 2. The van der Waals surface area contributed by atoms with Crippen LogP contribution in [0.5, 0.6) is 0 Å². The molecule has 15 heavy (non-hydrogen) atoms. The maximum atomic E-state index is 10.2. The second-order valence-electron chi connectivity index (χ2n) is 4.21. The van der Waals surface area contributed by atoms with Gasteiger partial charge in [0.2, 0.25) is 0 Å². The minimum atomic E-state index is -0.543. The number of nitrogens with one attached hydrogen (secondary N) is 1. The molecule has 0 bridgehead atoms. The monoisotopic (exact) mass is 227 g/mol. The zero-order valence-electron chi connectivity index (χ0n) is 8.70. The zero-order valence-corrected chi connectivity index (χ0v) is 9.52. The number of rotatable bonds is 3. The Balaban J connectivity index is 1.86. The van der Waals surface area contributed by atoms with Crippen molar-refractivity contribution in [2.24, 2.45) is 0 Å². The van der Waals surface area contributed by atoms with Crippen molar-refractivity contribution in [2.45, 2.75) is 37.7 Å². The molecule has 2 rings (SSSR count). The number of thiazole rings is 1. The van der Waals surface area contributed by atoms with Gasteiger partial charge in [0.25, 0.3) is 0 Å². The van der Waals surface area contributed by atoms with Crippen molar-refractivity contribution in [2.75, 3.05) is 17.6 Å². The van der Waals surface area contributed by atoms with E-state index in [1.807, 2.05) is 0 Å². The highest BCUT2D eigenvalue weighted by atomic mass is 32.1. The van der Waals surface area contributed by atoms with Gasteiger partial charge >= 0.3 is 0 Å². The van der Waals surface area contributed by atoms with Crippen LogP contribution in [0.25, 0.3) is 0 Å². The van der Waals surface area contributed by atoms with Crippen molar-refractivity contribution in [3.8, 4) is 0 Å². The van der Waals surface area contributed by atoms with Crippen LogP contribution in [-0.4, -0.2) is 22.2 Å². The predicted molar refractivity (Wildman–Crippen MR) is 63.1 cm³/mol. The summed E-state index contributed by atoms with van der Waals surface area (Å²) in [5, 5.41) is 14.9. The van der Waals surface area contributed by atoms with Crippen LogP contribution in [0.3, 0.4) is 0 Å². The molecule has 0 aliphatic heterocycles. The second-order valence-corrected chi connectivity index (χ2v) is 5.27. The van der Waals surface area contributed by atoms with Crippen LogP contribution in [0.1, 0.15) is 32.1 Å². The summed E-state index contributed by atoms with van der Waals surface area (Å²) in [6.07, 6.45) is 6.91. The highest BCUT2D eigenvalue weighted by molar-refractivity contribution is 7.19. The number of hydrogen-bond acceptors (Lipinski definition) is 5. The topological polar surface area (TPSA) is 71.2 Å². The lowest BCUT2D eigenvalue weighted by atomic mass is 9.85. The van der Waals surface area contributed by atoms with E-state index in [9.17, 15) is 5.11 Å². The Labute approximate surface area is 93.5 Å². The molecule has 5 heteroatoms. The number of aromatic nitrogens is 1. The summed E-state index contributed by atoms with van der Waals surface area (Å²) < 4.78 is 0. The predicted octanol–water partition coefficient (Wildman–Crippen LogP) is 1.83. The van der Waals surface area contributed by atoms with Gasteiger partial charge in [0.05, 0.1) is 11.8 Å². The summed E-state index contributed by atoms with van der Waals surface area (Å²) in [5.41, 5.74) is 5.03. The van der Waals surface area contributed by atoms with Crippen LogP contribution in [-0.2, 0) is 0 Å². The first-order valence-electron chi connectivity index (χ1n) is 5.36. The van der Waals surface area contributed by atoms with Gasteiger partial charge in [0.1, 0.15) is 5.00 Å². The third-order valence-electron chi connectivity index (χ3n) is 2.88. The highest BCUT2D eigenvalue weighted by Crippen LogP contribution is 2.29. The number of nitrogens with zero attached hydrogens (tertiary/aromatic N) is 1. The summed E-state index contributed by atoms with van der Waals surface area (Å²) in [6, 6.07) is 0. The Kier molecular flexibility index (Phi) is 3.11. The molecule has 1 aromatic heterocycles. The number of aliphatic hydroxyl groups is 1. The molecular formula is C10H17N3OS. The van der Waals surface area contributed by atoms with E-state index < -0.39 is 5.60 Å². The van der Waals surface area contributed by atoms with Gasteiger partial charge in [-0.25, -0.2) is 4.98 Å². The van der Waals surface area contributed by atoms with Crippen LogP contribution >= 0.6 is 11.3 Å². The smallest absolute Gasteiger partial charge is 0.184 e. The Morgan fingerprint density at radius 3 is 2.80 bits per heavy atom. The van der Waals surface area contributed by atoms with E-state index >= 15 is 0 Å². The third-order valence-corrected chi connectivity index (χ3v) is 3.66. The summed E-state index contributed by atoms with van der Waals surface area (Å²) in [7, 11) is 0. The molecule has 0 aromatic carbocycles. The minimum absolute atomic E-state index is 0.543. The fourth-order valence-electron chi connectivity index (χ4n) is 2.00. The largest absolute Gasteiger partial charge is 0.389 e. The van der Waals surface area contributed by atoms with Crippen LogP contribution < -0.4 is 11.1 Å². The van der Waals surface area contributed by atoms with E-state index in [4.69, 9.17) is 5.73 Å². The summed E-state index contributed by atoms with van der Waals surface area (Å²) >= 11 is 1.42. The van der Waals surface area contributed by atoms with E-state index in [2.05, 4.69) is 10.3 Å². The SMILES string of the molecule is Nc1cnc(NCC2(O)CCCCC2)s1. The number of hydrogen-bond donors (Lipinski definition) is 3. The highest BCUT2D eigenvalue weighted by Gasteiger charge is 2.28. The molecule has 4 nitrogen and oxygen atoms in total. The first-order valence-corrected chi connectivity index (χ1v) is 6.17. The van der Waals surface area contributed by atoms with E-state index in [0.29, 0.717) is 11.5 Å². The van der Waals surface area contributed by atoms with E-state index in [-0.39, 0.29) is 0 Å². The number of nitrogens with two attached hydrogens (primary N) is 1. The second kappa shape index (κ2) is 4.37. The standard InChI is InChI=1S/C10H17N3OS/c11-8-6-12-9(15-8)13-7-10(14)4-2-1-3-5-10/h6,14H,1-5,7,11H2,(H,12,13). The molecule has 1 aliphatic carbocycles. The normalized spacial score (nSPS) is 20.1. The Bertz CT molecular complexity index is 320. The average Bonchev–Trinajstić information content (AvgIpc) is 2.63. The summed E-state index contributed by atoms with van der Waals surface area (Å²) in [6.45, 7) is 0.583. The lowest BCUT2D eigenvalue weighted by molar-refractivity contribution is 0.0167. The van der Waals surface area contributed by atoms with E-state index in [0.717, 1.165) is 30.8 Å². The van der Waals surface area contributed by atoms with Gasteiger partial charge < -0.3 is 16.2 Å². The molecule has 84 valence electrons. The molecule has 4 N–H and O–H groups in total. The molecule has 1 aromatic rings.